The lowest BCUT2D eigenvalue weighted by atomic mass is 10.3. The van der Waals surface area contributed by atoms with E-state index < -0.39 is 23.3 Å². The minimum Gasteiger partial charge on any atom is -0.467 e. The Morgan fingerprint density at radius 2 is 2.20 bits per heavy atom. The first-order valence-corrected chi connectivity index (χ1v) is 4.44. The smallest absolute Gasteiger partial charge is 0.329 e. The van der Waals surface area contributed by atoms with Crippen LogP contribution in [-0.4, -0.2) is 22.6 Å². The van der Waals surface area contributed by atoms with Gasteiger partial charge in [-0.3, -0.25) is 14.3 Å². The Morgan fingerprint density at radius 1 is 1.60 bits per heavy atom. The van der Waals surface area contributed by atoms with Crippen LogP contribution in [0.2, 0.25) is 5.02 Å². The van der Waals surface area contributed by atoms with Crippen molar-refractivity contribution in [1.29, 1.82) is 0 Å². The summed E-state index contributed by atoms with van der Waals surface area (Å²) in [6.45, 7) is 1.46. The predicted molar refractivity (Wildman–Crippen MR) is 53.1 cm³/mol. The number of aromatic amines is 1. The number of hydrogen-bond acceptors (Lipinski definition) is 4. The van der Waals surface area contributed by atoms with Gasteiger partial charge >= 0.3 is 11.7 Å². The number of esters is 1. The number of nitrogens with one attached hydrogen (secondary N) is 1. The van der Waals surface area contributed by atoms with Crippen LogP contribution in [0.15, 0.2) is 15.8 Å². The standard InChI is InChI=1S/C8H9ClN2O4/c1-4(7(13)15-2)11-3-5(9)6(12)10-8(11)14/h3-4H,1-2H3,(H,10,12,14)/t4-/m0/s1. The van der Waals surface area contributed by atoms with Crippen molar-refractivity contribution in [3.05, 3.63) is 32.1 Å². The second-order valence-corrected chi connectivity index (χ2v) is 3.25. The van der Waals surface area contributed by atoms with Crippen molar-refractivity contribution in [2.75, 3.05) is 7.11 Å². The van der Waals surface area contributed by atoms with Crippen LogP contribution in [-0.2, 0) is 9.53 Å². The average molecular weight is 233 g/mol. The number of carbonyl (C=O) groups is 1. The number of methoxy groups -OCH3 is 1. The van der Waals surface area contributed by atoms with E-state index in [1.54, 1.807) is 0 Å². The molecule has 1 atom stereocenters. The number of halogens is 1. The van der Waals surface area contributed by atoms with Gasteiger partial charge in [-0.2, -0.15) is 0 Å². The van der Waals surface area contributed by atoms with Gasteiger partial charge in [0.1, 0.15) is 11.1 Å². The van der Waals surface area contributed by atoms with Gasteiger partial charge in [-0.25, -0.2) is 9.59 Å². The van der Waals surface area contributed by atoms with Gasteiger partial charge in [0.25, 0.3) is 5.56 Å². The number of hydrogen-bond donors (Lipinski definition) is 1. The van der Waals surface area contributed by atoms with E-state index >= 15 is 0 Å². The maximum Gasteiger partial charge on any atom is 0.329 e. The molecule has 7 heteroatoms. The summed E-state index contributed by atoms with van der Waals surface area (Å²) < 4.78 is 5.45. The van der Waals surface area contributed by atoms with E-state index in [1.807, 2.05) is 4.98 Å². The van der Waals surface area contributed by atoms with Gasteiger partial charge in [0.2, 0.25) is 0 Å². The Labute approximate surface area is 89.4 Å². The third kappa shape index (κ3) is 2.27. The predicted octanol–water partition coefficient (Wildman–Crippen LogP) is -0.0760. The van der Waals surface area contributed by atoms with Crippen LogP contribution in [0.4, 0.5) is 0 Å². The summed E-state index contributed by atoms with van der Waals surface area (Å²) in [5, 5.41) is -0.162. The normalized spacial score (nSPS) is 12.2. The topological polar surface area (TPSA) is 81.2 Å². The highest BCUT2D eigenvalue weighted by atomic mass is 35.5. The molecule has 0 unspecified atom stereocenters. The van der Waals surface area contributed by atoms with Crippen LogP contribution in [0.5, 0.6) is 0 Å². The molecular formula is C8H9ClN2O4. The number of nitrogens with zero attached hydrogens (tertiary/aromatic N) is 1. The van der Waals surface area contributed by atoms with Crippen LogP contribution >= 0.6 is 11.6 Å². The van der Waals surface area contributed by atoms with Gasteiger partial charge in [0.05, 0.1) is 7.11 Å². The fourth-order valence-electron chi connectivity index (χ4n) is 1.03. The molecule has 0 aliphatic rings. The quantitative estimate of drug-likeness (QED) is 0.724. The van der Waals surface area contributed by atoms with E-state index in [0.29, 0.717) is 0 Å². The van der Waals surface area contributed by atoms with Crippen molar-refractivity contribution in [1.82, 2.24) is 9.55 Å². The van der Waals surface area contributed by atoms with E-state index in [1.165, 1.54) is 14.0 Å². The summed E-state index contributed by atoms with van der Waals surface area (Å²) >= 11 is 5.52. The summed E-state index contributed by atoms with van der Waals surface area (Å²) in [5.74, 6) is -0.597. The van der Waals surface area contributed by atoms with Crippen LogP contribution in [0.1, 0.15) is 13.0 Å². The van der Waals surface area contributed by atoms with Crippen molar-refractivity contribution in [3.63, 3.8) is 0 Å². The zero-order valence-electron chi connectivity index (χ0n) is 8.11. The van der Waals surface area contributed by atoms with Gasteiger partial charge in [0.15, 0.2) is 0 Å². The first-order chi connectivity index (χ1) is 6.97. The van der Waals surface area contributed by atoms with Crippen LogP contribution in [0.25, 0.3) is 0 Å². The average Bonchev–Trinajstić information content (AvgIpc) is 2.21. The molecule has 1 heterocycles. The summed E-state index contributed by atoms with van der Waals surface area (Å²) in [6, 6.07) is -0.836. The Balaban J connectivity index is 3.27. The van der Waals surface area contributed by atoms with Crippen LogP contribution in [0.3, 0.4) is 0 Å². The maximum absolute atomic E-state index is 11.3. The Hall–Kier alpha value is -1.56. The van der Waals surface area contributed by atoms with Crippen molar-refractivity contribution in [2.45, 2.75) is 13.0 Å². The summed E-state index contributed by atoms with van der Waals surface area (Å²) in [4.78, 5) is 35.4. The van der Waals surface area contributed by atoms with Crippen molar-refractivity contribution >= 4 is 17.6 Å². The zero-order valence-corrected chi connectivity index (χ0v) is 8.87. The molecule has 1 aromatic rings. The Morgan fingerprint density at radius 3 is 2.73 bits per heavy atom. The second-order valence-electron chi connectivity index (χ2n) is 2.84. The molecule has 0 bridgehead atoms. The number of aromatic nitrogens is 2. The molecule has 82 valence electrons. The summed E-state index contributed by atoms with van der Waals surface area (Å²) in [7, 11) is 1.21. The highest BCUT2D eigenvalue weighted by molar-refractivity contribution is 6.30. The van der Waals surface area contributed by atoms with Gasteiger partial charge in [0, 0.05) is 6.20 Å². The number of carbonyl (C=O) groups excluding carboxylic acids is 1. The number of ether oxygens (including phenoxy) is 1. The van der Waals surface area contributed by atoms with E-state index in [2.05, 4.69) is 4.74 Å². The lowest BCUT2D eigenvalue weighted by Crippen LogP contribution is -2.34. The molecule has 0 saturated heterocycles. The molecule has 0 amide bonds. The Kier molecular flexibility index (Phi) is 3.31. The van der Waals surface area contributed by atoms with Gasteiger partial charge in [-0.1, -0.05) is 11.6 Å². The fourth-order valence-corrected chi connectivity index (χ4v) is 1.18. The summed E-state index contributed by atoms with van der Waals surface area (Å²) in [5.41, 5.74) is -1.39. The van der Waals surface area contributed by atoms with Crippen molar-refractivity contribution < 1.29 is 9.53 Å². The molecule has 0 aliphatic carbocycles. The van der Waals surface area contributed by atoms with E-state index in [4.69, 9.17) is 11.6 Å². The van der Waals surface area contributed by atoms with Crippen molar-refractivity contribution in [3.8, 4) is 0 Å². The molecule has 1 N–H and O–H groups in total. The first-order valence-electron chi connectivity index (χ1n) is 4.06. The highest BCUT2D eigenvalue weighted by Gasteiger charge is 2.17. The minimum absolute atomic E-state index is 0.162. The SMILES string of the molecule is COC(=O)[C@H](C)n1cc(Cl)c(=O)[nH]c1=O. The van der Waals surface area contributed by atoms with Crippen LogP contribution in [0, 0.1) is 0 Å². The molecule has 0 fully saturated rings. The first kappa shape index (κ1) is 11.5. The lowest BCUT2D eigenvalue weighted by molar-refractivity contribution is -0.144. The molecule has 1 aromatic heterocycles. The van der Waals surface area contributed by atoms with Gasteiger partial charge in [-0.05, 0) is 6.92 Å². The Bertz CT molecular complexity index is 490. The third-order valence-electron chi connectivity index (χ3n) is 1.88. The lowest BCUT2D eigenvalue weighted by Gasteiger charge is -2.11. The second kappa shape index (κ2) is 4.31. The van der Waals surface area contributed by atoms with Gasteiger partial charge < -0.3 is 4.74 Å². The summed E-state index contributed by atoms with van der Waals surface area (Å²) in [6.07, 6.45) is 1.10. The van der Waals surface area contributed by atoms with E-state index in [0.717, 1.165) is 10.8 Å². The van der Waals surface area contributed by atoms with Crippen LogP contribution < -0.4 is 11.2 Å². The molecule has 15 heavy (non-hydrogen) atoms. The molecule has 0 aromatic carbocycles. The molecule has 0 radical (unpaired) electrons. The minimum atomic E-state index is -0.836. The largest absolute Gasteiger partial charge is 0.467 e. The van der Waals surface area contributed by atoms with E-state index in [-0.39, 0.29) is 5.02 Å². The number of rotatable bonds is 2. The molecule has 0 aliphatic heterocycles. The molecule has 6 nitrogen and oxygen atoms in total. The van der Waals surface area contributed by atoms with Gasteiger partial charge in [-0.15, -0.1) is 0 Å². The molecule has 0 saturated carbocycles. The zero-order chi connectivity index (χ0) is 11.6. The number of H-pyrrole nitrogens is 1. The molecular weight excluding hydrogens is 224 g/mol. The molecule has 1 rings (SSSR count). The third-order valence-corrected chi connectivity index (χ3v) is 2.15. The van der Waals surface area contributed by atoms with E-state index in [9.17, 15) is 14.4 Å². The molecule has 0 spiro atoms. The fraction of sp³-hybridized carbons (Fsp3) is 0.375. The van der Waals surface area contributed by atoms with Crippen molar-refractivity contribution in [2.24, 2.45) is 0 Å². The maximum atomic E-state index is 11.3. The highest BCUT2D eigenvalue weighted by Crippen LogP contribution is 2.05. The monoisotopic (exact) mass is 232 g/mol.